The fourth-order valence-electron chi connectivity index (χ4n) is 3.14. The van der Waals surface area contributed by atoms with Crippen LogP contribution in [0.1, 0.15) is 4.88 Å². The van der Waals surface area contributed by atoms with E-state index in [1.807, 2.05) is 11.3 Å². The van der Waals surface area contributed by atoms with Gasteiger partial charge in [-0.2, -0.15) is 0 Å². The minimum absolute atomic E-state index is 0.336. The standard InChI is InChI=1S/C15H24N2O2S/c1-16(2)5-6-19-15-9-17(8-12-4-3-7-20-12)14-11-18-10-13(14)15/h3-4,7,13-15H,5-6,8-11H2,1-2H3/t13-,14+,15-/m1/s1. The zero-order chi connectivity index (χ0) is 13.9. The molecule has 112 valence electrons. The van der Waals surface area contributed by atoms with Crippen LogP contribution in [0.2, 0.25) is 0 Å². The molecule has 0 radical (unpaired) electrons. The molecule has 3 rings (SSSR count). The topological polar surface area (TPSA) is 24.9 Å². The number of nitrogens with zero attached hydrogens (tertiary/aromatic N) is 2. The first-order valence-corrected chi connectivity index (χ1v) is 8.22. The third kappa shape index (κ3) is 3.23. The molecule has 2 saturated heterocycles. The Morgan fingerprint density at radius 2 is 2.35 bits per heavy atom. The lowest BCUT2D eigenvalue weighted by molar-refractivity contribution is 0.0133. The Kier molecular flexibility index (Phi) is 4.73. The molecule has 0 saturated carbocycles. The van der Waals surface area contributed by atoms with Crippen LogP contribution in [0, 0.1) is 5.92 Å². The van der Waals surface area contributed by atoms with E-state index in [0.29, 0.717) is 18.1 Å². The molecule has 0 N–H and O–H groups in total. The molecule has 0 unspecified atom stereocenters. The average molecular weight is 296 g/mol. The highest BCUT2D eigenvalue weighted by Gasteiger charge is 2.45. The van der Waals surface area contributed by atoms with Gasteiger partial charge in [0.2, 0.25) is 0 Å². The lowest BCUT2D eigenvalue weighted by Gasteiger charge is -2.21. The van der Waals surface area contributed by atoms with Gasteiger partial charge in [-0.3, -0.25) is 4.90 Å². The third-order valence-corrected chi connectivity index (χ3v) is 5.12. The Labute approximate surface area is 125 Å². The fourth-order valence-corrected chi connectivity index (χ4v) is 3.87. The number of likely N-dealkylation sites (tertiary alicyclic amines) is 1. The van der Waals surface area contributed by atoms with E-state index in [1.54, 1.807) is 0 Å². The summed E-state index contributed by atoms with van der Waals surface area (Å²) in [6.07, 6.45) is 0.336. The van der Waals surface area contributed by atoms with E-state index >= 15 is 0 Å². The number of thiophene rings is 1. The normalized spacial score (nSPS) is 30.2. The molecule has 5 heteroatoms. The molecule has 0 amide bonds. The lowest BCUT2D eigenvalue weighted by atomic mass is 10.0. The molecule has 0 spiro atoms. The summed E-state index contributed by atoms with van der Waals surface area (Å²) in [5.41, 5.74) is 0. The van der Waals surface area contributed by atoms with Gasteiger partial charge in [0.1, 0.15) is 0 Å². The Morgan fingerprint density at radius 1 is 1.45 bits per heavy atom. The van der Waals surface area contributed by atoms with Crippen molar-refractivity contribution in [3.8, 4) is 0 Å². The van der Waals surface area contributed by atoms with Crippen LogP contribution in [-0.2, 0) is 16.0 Å². The molecule has 0 bridgehead atoms. The summed E-state index contributed by atoms with van der Waals surface area (Å²) in [5, 5.41) is 2.15. The molecular formula is C15H24N2O2S. The van der Waals surface area contributed by atoms with Crippen molar-refractivity contribution < 1.29 is 9.47 Å². The van der Waals surface area contributed by atoms with Gasteiger partial charge in [0.05, 0.1) is 25.9 Å². The van der Waals surface area contributed by atoms with E-state index in [0.717, 1.165) is 39.5 Å². The second-order valence-corrected chi connectivity index (χ2v) is 7.02. The highest BCUT2D eigenvalue weighted by atomic mass is 32.1. The molecule has 3 heterocycles. The summed E-state index contributed by atoms with van der Waals surface area (Å²) in [6, 6.07) is 4.89. The molecular weight excluding hydrogens is 272 g/mol. The summed E-state index contributed by atoms with van der Waals surface area (Å²) < 4.78 is 11.8. The van der Waals surface area contributed by atoms with Gasteiger partial charge in [0, 0.05) is 36.5 Å². The van der Waals surface area contributed by atoms with E-state index < -0.39 is 0 Å². The maximum absolute atomic E-state index is 6.12. The number of fused-ring (bicyclic) bond motifs is 1. The molecule has 2 aliphatic rings. The van der Waals surface area contributed by atoms with Gasteiger partial charge < -0.3 is 14.4 Å². The van der Waals surface area contributed by atoms with Gasteiger partial charge in [0.15, 0.2) is 0 Å². The largest absolute Gasteiger partial charge is 0.379 e. The van der Waals surface area contributed by atoms with Gasteiger partial charge in [-0.05, 0) is 25.5 Å². The SMILES string of the molecule is CN(C)CCO[C@@H]1CN(Cc2cccs2)[C@H]2COC[C@@H]12. The maximum atomic E-state index is 6.12. The zero-order valence-electron chi connectivity index (χ0n) is 12.3. The minimum atomic E-state index is 0.336. The lowest BCUT2D eigenvalue weighted by Crippen LogP contribution is -2.31. The van der Waals surface area contributed by atoms with Crippen molar-refractivity contribution >= 4 is 11.3 Å². The first kappa shape index (κ1) is 14.5. The average Bonchev–Trinajstić information content (AvgIpc) is 3.10. The summed E-state index contributed by atoms with van der Waals surface area (Å²) in [5.74, 6) is 0.553. The van der Waals surface area contributed by atoms with Gasteiger partial charge in [-0.1, -0.05) is 6.07 Å². The highest BCUT2D eigenvalue weighted by molar-refractivity contribution is 7.09. The second-order valence-electron chi connectivity index (χ2n) is 5.99. The van der Waals surface area contributed by atoms with Crippen molar-refractivity contribution in [1.29, 1.82) is 0 Å². The summed E-state index contributed by atoms with van der Waals surface area (Å²) >= 11 is 1.84. The number of hydrogen-bond donors (Lipinski definition) is 0. The molecule has 1 aromatic heterocycles. The van der Waals surface area contributed by atoms with Crippen molar-refractivity contribution in [2.75, 3.05) is 47.0 Å². The number of rotatable bonds is 6. The highest BCUT2D eigenvalue weighted by Crippen LogP contribution is 2.33. The predicted molar refractivity (Wildman–Crippen MR) is 81.1 cm³/mol. The summed E-state index contributed by atoms with van der Waals surface area (Å²) in [7, 11) is 4.17. The smallest absolute Gasteiger partial charge is 0.0768 e. The number of likely N-dealkylation sites (N-methyl/N-ethyl adjacent to an activating group) is 1. The Hall–Kier alpha value is -0.460. The van der Waals surface area contributed by atoms with Crippen molar-refractivity contribution in [3.63, 3.8) is 0 Å². The van der Waals surface area contributed by atoms with E-state index in [1.165, 1.54) is 4.88 Å². The van der Waals surface area contributed by atoms with Crippen LogP contribution in [0.25, 0.3) is 0 Å². The number of ether oxygens (including phenoxy) is 2. The van der Waals surface area contributed by atoms with Crippen LogP contribution in [0.3, 0.4) is 0 Å². The third-order valence-electron chi connectivity index (χ3n) is 4.26. The molecule has 0 aliphatic carbocycles. The molecule has 2 aliphatic heterocycles. The second kappa shape index (κ2) is 6.54. The monoisotopic (exact) mass is 296 g/mol. The van der Waals surface area contributed by atoms with Crippen molar-refractivity contribution in [2.24, 2.45) is 5.92 Å². The first-order valence-electron chi connectivity index (χ1n) is 7.34. The first-order chi connectivity index (χ1) is 9.74. The maximum Gasteiger partial charge on any atom is 0.0768 e. The molecule has 0 aromatic carbocycles. The van der Waals surface area contributed by atoms with Crippen molar-refractivity contribution in [2.45, 2.75) is 18.7 Å². The molecule has 1 aromatic rings. The Bertz CT molecular complexity index is 410. The molecule has 2 fully saturated rings. The molecule has 20 heavy (non-hydrogen) atoms. The Morgan fingerprint density at radius 3 is 3.10 bits per heavy atom. The van der Waals surface area contributed by atoms with E-state index in [2.05, 4.69) is 41.4 Å². The fraction of sp³-hybridized carbons (Fsp3) is 0.733. The van der Waals surface area contributed by atoms with Gasteiger partial charge >= 0.3 is 0 Å². The van der Waals surface area contributed by atoms with Gasteiger partial charge in [-0.25, -0.2) is 0 Å². The van der Waals surface area contributed by atoms with E-state index in [9.17, 15) is 0 Å². The van der Waals surface area contributed by atoms with Crippen LogP contribution < -0.4 is 0 Å². The van der Waals surface area contributed by atoms with Gasteiger partial charge in [0.25, 0.3) is 0 Å². The zero-order valence-corrected chi connectivity index (χ0v) is 13.1. The molecule has 3 atom stereocenters. The van der Waals surface area contributed by atoms with Crippen LogP contribution in [0.5, 0.6) is 0 Å². The Balaban J connectivity index is 1.57. The van der Waals surface area contributed by atoms with Gasteiger partial charge in [-0.15, -0.1) is 11.3 Å². The minimum Gasteiger partial charge on any atom is -0.379 e. The van der Waals surface area contributed by atoms with E-state index in [4.69, 9.17) is 9.47 Å². The van der Waals surface area contributed by atoms with E-state index in [-0.39, 0.29) is 0 Å². The van der Waals surface area contributed by atoms with Crippen LogP contribution in [0.4, 0.5) is 0 Å². The van der Waals surface area contributed by atoms with Crippen molar-refractivity contribution in [3.05, 3.63) is 22.4 Å². The predicted octanol–water partition coefficient (Wildman–Crippen LogP) is 1.53. The van der Waals surface area contributed by atoms with Crippen molar-refractivity contribution in [1.82, 2.24) is 9.80 Å². The summed E-state index contributed by atoms with van der Waals surface area (Å²) in [6.45, 7) is 5.61. The summed E-state index contributed by atoms with van der Waals surface area (Å²) in [4.78, 5) is 6.15. The number of hydrogen-bond acceptors (Lipinski definition) is 5. The molecule has 4 nitrogen and oxygen atoms in total. The van der Waals surface area contributed by atoms with Crippen LogP contribution in [0.15, 0.2) is 17.5 Å². The van der Waals surface area contributed by atoms with Crippen LogP contribution >= 0.6 is 11.3 Å². The quantitative estimate of drug-likeness (QED) is 0.795. The van der Waals surface area contributed by atoms with Crippen LogP contribution in [-0.4, -0.2) is 69.0 Å².